The molecule has 0 unspecified atom stereocenters. The van der Waals surface area contributed by atoms with Crippen LogP contribution in [0.3, 0.4) is 0 Å². The fraction of sp³-hybridized carbons (Fsp3) is 0.235. The van der Waals surface area contributed by atoms with Gasteiger partial charge in [0.15, 0.2) is 0 Å². The Labute approximate surface area is 114 Å². The summed E-state index contributed by atoms with van der Waals surface area (Å²) in [5.41, 5.74) is 3.28. The summed E-state index contributed by atoms with van der Waals surface area (Å²) in [6.07, 6.45) is 2.23. The fourth-order valence-electron chi connectivity index (χ4n) is 2.05. The highest BCUT2D eigenvalue weighted by Gasteiger charge is 1.96. The molecule has 0 fully saturated rings. The molecule has 96 valence electrons. The highest BCUT2D eigenvalue weighted by molar-refractivity contribution is 5.32. The molecule has 0 spiro atoms. The molecule has 1 N–H and O–H groups in total. The summed E-state index contributed by atoms with van der Waals surface area (Å²) < 4.78 is 0. The van der Waals surface area contributed by atoms with Crippen LogP contribution in [0.25, 0.3) is 0 Å². The van der Waals surface area contributed by atoms with Gasteiger partial charge in [-0.05, 0) is 42.6 Å². The lowest BCUT2D eigenvalue weighted by molar-refractivity contribution is 0.649. The van der Waals surface area contributed by atoms with Crippen LogP contribution in [0, 0.1) is 11.3 Å². The number of nitrogens with zero attached hydrogens (tertiary/aromatic N) is 1. The molecule has 2 rings (SSSR count). The van der Waals surface area contributed by atoms with Gasteiger partial charge in [-0.2, -0.15) is 5.26 Å². The minimum atomic E-state index is 0.726. The van der Waals surface area contributed by atoms with Crippen molar-refractivity contribution in [2.24, 2.45) is 0 Å². The second-order valence-corrected chi connectivity index (χ2v) is 4.58. The third kappa shape index (κ3) is 4.57. The summed E-state index contributed by atoms with van der Waals surface area (Å²) in [7, 11) is 0. The normalized spacial score (nSPS) is 10.1. The molecule has 0 atom stereocenters. The molecule has 0 aliphatic carbocycles. The third-order valence-electron chi connectivity index (χ3n) is 3.05. The minimum absolute atomic E-state index is 0.726. The Kier molecular flexibility index (Phi) is 5.16. The summed E-state index contributed by atoms with van der Waals surface area (Å²) in [5.74, 6) is 0. The highest BCUT2D eigenvalue weighted by atomic mass is 14.8. The second-order valence-electron chi connectivity index (χ2n) is 4.58. The summed E-state index contributed by atoms with van der Waals surface area (Å²) in [4.78, 5) is 0. The van der Waals surface area contributed by atoms with Crippen LogP contribution in [0.2, 0.25) is 0 Å². The maximum atomic E-state index is 8.83. The molecule has 0 aliphatic heterocycles. The van der Waals surface area contributed by atoms with Crippen LogP contribution in [0.5, 0.6) is 0 Å². The van der Waals surface area contributed by atoms with Crippen molar-refractivity contribution in [2.45, 2.75) is 19.4 Å². The smallest absolute Gasteiger partial charge is 0.0991 e. The van der Waals surface area contributed by atoms with Gasteiger partial charge in [-0.25, -0.2) is 0 Å². The van der Waals surface area contributed by atoms with Crippen LogP contribution in [0.4, 0.5) is 0 Å². The first-order valence-corrected chi connectivity index (χ1v) is 6.62. The van der Waals surface area contributed by atoms with Crippen molar-refractivity contribution < 1.29 is 0 Å². The van der Waals surface area contributed by atoms with Gasteiger partial charge in [0.05, 0.1) is 11.6 Å². The lowest BCUT2D eigenvalue weighted by Crippen LogP contribution is -2.15. The molecule has 0 heterocycles. The summed E-state index contributed by atoms with van der Waals surface area (Å²) in [6.45, 7) is 1.82. The zero-order chi connectivity index (χ0) is 13.3. The fourth-order valence-corrected chi connectivity index (χ4v) is 2.05. The van der Waals surface area contributed by atoms with E-state index in [4.69, 9.17) is 5.26 Å². The first-order valence-electron chi connectivity index (χ1n) is 6.62. The number of aryl methyl sites for hydroxylation is 1. The number of hydrogen-bond donors (Lipinski definition) is 1. The van der Waals surface area contributed by atoms with E-state index in [1.165, 1.54) is 11.1 Å². The molecular weight excluding hydrogens is 232 g/mol. The average molecular weight is 250 g/mol. The minimum Gasteiger partial charge on any atom is -0.313 e. The number of benzene rings is 2. The largest absolute Gasteiger partial charge is 0.313 e. The zero-order valence-electron chi connectivity index (χ0n) is 11.0. The van der Waals surface area contributed by atoms with Gasteiger partial charge in [0.1, 0.15) is 0 Å². The highest BCUT2D eigenvalue weighted by Crippen LogP contribution is 2.04. The average Bonchev–Trinajstić information content (AvgIpc) is 2.48. The van der Waals surface area contributed by atoms with Crippen molar-refractivity contribution in [2.75, 3.05) is 6.54 Å². The van der Waals surface area contributed by atoms with E-state index in [1.54, 1.807) is 0 Å². The molecule has 0 saturated heterocycles. The third-order valence-corrected chi connectivity index (χ3v) is 3.05. The molecule has 0 aromatic heterocycles. The predicted octanol–water partition coefficient (Wildman–Crippen LogP) is 3.28. The van der Waals surface area contributed by atoms with Crippen LogP contribution >= 0.6 is 0 Å². The van der Waals surface area contributed by atoms with E-state index in [9.17, 15) is 0 Å². The molecule has 2 heteroatoms. The molecule has 2 aromatic rings. The maximum absolute atomic E-state index is 8.83. The van der Waals surface area contributed by atoms with E-state index in [0.29, 0.717) is 0 Å². The molecule has 0 bridgehead atoms. The lowest BCUT2D eigenvalue weighted by Gasteiger charge is -2.05. The van der Waals surface area contributed by atoms with Crippen molar-refractivity contribution in [3.63, 3.8) is 0 Å². The van der Waals surface area contributed by atoms with Crippen LogP contribution in [0.15, 0.2) is 54.6 Å². The van der Waals surface area contributed by atoms with E-state index in [-0.39, 0.29) is 0 Å². The number of nitrogens with one attached hydrogen (secondary N) is 1. The Hall–Kier alpha value is -2.11. The molecule has 0 radical (unpaired) electrons. The van der Waals surface area contributed by atoms with Crippen LogP contribution in [-0.4, -0.2) is 6.54 Å². The van der Waals surface area contributed by atoms with Crippen LogP contribution < -0.4 is 5.32 Å². The topological polar surface area (TPSA) is 35.8 Å². The van der Waals surface area contributed by atoms with E-state index < -0.39 is 0 Å². The SMILES string of the molecule is N#Cc1cccc(CNCCCc2ccccc2)c1. The van der Waals surface area contributed by atoms with E-state index in [2.05, 4.69) is 35.7 Å². The van der Waals surface area contributed by atoms with Crippen LogP contribution in [-0.2, 0) is 13.0 Å². The first-order chi connectivity index (χ1) is 9.38. The maximum Gasteiger partial charge on any atom is 0.0991 e. The first kappa shape index (κ1) is 13.3. The monoisotopic (exact) mass is 250 g/mol. The van der Waals surface area contributed by atoms with Gasteiger partial charge < -0.3 is 5.32 Å². The summed E-state index contributed by atoms with van der Waals surface area (Å²) in [6, 6.07) is 20.4. The van der Waals surface area contributed by atoms with Gasteiger partial charge in [0.2, 0.25) is 0 Å². The molecule has 2 aromatic carbocycles. The molecule has 0 amide bonds. The van der Waals surface area contributed by atoms with Crippen molar-refractivity contribution in [1.82, 2.24) is 5.32 Å². The Balaban J connectivity index is 1.68. The molecule has 2 nitrogen and oxygen atoms in total. The zero-order valence-corrected chi connectivity index (χ0v) is 11.0. The number of hydrogen-bond acceptors (Lipinski definition) is 2. The van der Waals surface area contributed by atoms with Gasteiger partial charge in [-0.3, -0.25) is 0 Å². The van der Waals surface area contributed by atoms with Crippen molar-refractivity contribution in [3.8, 4) is 6.07 Å². The van der Waals surface area contributed by atoms with E-state index >= 15 is 0 Å². The standard InChI is InChI=1S/C17H18N2/c18-13-16-8-4-9-17(12-16)14-19-11-5-10-15-6-2-1-3-7-15/h1-4,6-9,12,19H,5,10-11,14H2. The Bertz CT molecular complexity index is 541. The molecule has 19 heavy (non-hydrogen) atoms. The van der Waals surface area contributed by atoms with Gasteiger partial charge in [0.25, 0.3) is 0 Å². The molecule has 0 saturated carbocycles. The van der Waals surface area contributed by atoms with Gasteiger partial charge >= 0.3 is 0 Å². The molecular formula is C17H18N2. The van der Waals surface area contributed by atoms with Gasteiger partial charge in [-0.15, -0.1) is 0 Å². The molecule has 0 aliphatic rings. The van der Waals surface area contributed by atoms with E-state index in [0.717, 1.165) is 31.5 Å². The van der Waals surface area contributed by atoms with Gasteiger partial charge in [0, 0.05) is 6.54 Å². The number of rotatable bonds is 6. The summed E-state index contributed by atoms with van der Waals surface area (Å²) >= 11 is 0. The van der Waals surface area contributed by atoms with E-state index in [1.807, 2.05) is 30.3 Å². The Morgan fingerprint density at radius 2 is 1.74 bits per heavy atom. The Morgan fingerprint density at radius 3 is 2.53 bits per heavy atom. The summed E-state index contributed by atoms with van der Waals surface area (Å²) in [5, 5.41) is 12.2. The van der Waals surface area contributed by atoms with Crippen molar-refractivity contribution in [3.05, 3.63) is 71.3 Å². The van der Waals surface area contributed by atoms with Crippen LogP contribution in [0.1, 0.15) is 23.1 Å². The van der Waals surface area contributed by atoms with Crippen molar-refractivity contribution in [1.29, 1.82) is 5.26 Å². The predicted molar refractivity (Wildman–Crippen MR) is 77.6 cm³/mol. The number of nitriles is 1. The Morgan fingerprint density at radius 1 is 0.947 bits per heavy atom. The van der Waals surface area contributed by atoms with Gasteiger partial charge in [-0.1, -0.05) is 42.5 Å². The quantitative estimate of drug-likeness (QED) is 0.799. The second kappa shape index (κ2) is 7.35. The van der Waals surface area contributed by atoms with Crippen molar-refractivity contribution >= 4 is 0 Å². The lowest BCUT2D eigenvalue weighted by atomic mass is 10.1.